The standard InChI is InChI=1S/C10H22N4OS/c1-15-5-4-12-10(14-11)13-8-9-2-6-16-7-3-9/h9H,2-8,11H2,1H3,(H2,12,13,14). The largest absolute Gasteiger partial charge is 0.383 e. The zero-order valence-electron chi connectivity index (χ0n) is 9.87. The fourth-order valence-electron chi connectivity index (χ4n) is 1.57. The summed E-state index contributed by atoms with van der Waals surface area (Å²) in [4.78, 5) is 4.44. The molecule has 5 nitrogen and oxygen atoms in total. The van der Waals surface area contributed by atoms with Crippen molar-refractivity contribution in [2.24, 2.45) is 16.8 Å². The molecule has 94 valence electrons. The number of methoxy groups -OCH3 is 1. The highest BCUT2D eigenvalue weighted by Crippen LogP contribution is 2.22. The van der Waals surface area contributed by atoms with Crippen LogP contribution in [0.1, 0.15) is 12.8 Å². The van der Waals surface area contributed by atoms with Crippen LogP contribution in [0, 0.1) is 5.92 Å². The third-order valence-corrected chi connectivity index (χ3v) is 3.63. The molecule has 1 rings (SSSR count). The van der Waals surface area contributed by atoms with E-state index in [4.69, 9.17) is 10.6 Å². The van der Waals surface area contributed by atoms with Crippen molar-refractivity contribution in [3.8, 4) is 0 Å². The molecule has 0 aliphatic carbocycles. The van der Waals surface area contributed by atoms with Gasteiger partial charge in [0.15, 0.2) is 0 Å². The van der Waals surface area contributed by atoms with Crippen molar-refractivity contribution >= 4 is 17.7 Å². The zero-order valence-corrected chi connectivity index (χ0v) is 10.7. The van der Waals surface area contributed by atoms with Crippen LogP contribution in [0.3, 0.4) is 0 Å². The minimum atomic E-state index is 0.654. The molecule has 0 atom stereocenters. The number of nitrogens with zero attached hydrogens (tertiary/aromatic N) is 1. The Morgan fingerprint density at radius 3 is 2.88 bits per heavy atom. The van der Waals surface area contributed by atoms with Crippen molar-refractivity contribution in [1.82, 2.24) is 10.7 Å². The van der Waals surface area contributed by atoms with Crippen molar-refractivity contribution in [3.05, 3.63) is 0 Å². The first-order valence-corrected chi connectivity index (χ1v) is 6.84. The molecule has 6 heteroatoms. The van der Waals surface area contributed by atoms with E-state index < -0.39 is 0 Å². The van der Waals surface area contributed by atoms with Crippen LogP contribution in [0.25, 0.3) is 0 Å². The lowest BCUT2D eigenvalue weighted by molar-refractivity contribution is 0.203. The van der Waals surface area contributed by atoms with E-state index in [2.05, 4.69) is 15.7 Å². The number of hydrogen-bond donors (Lipinski definition) is 3. The van der Waals surface area contributed by atoms with E-state index in [1.807, 2.05) is 11.8 Å². The molecule has 0 saturated carbocycles. The maximum atomic E-state index is 5.38. The lowest BCUT2D eigenvalue weighted by Crippen LogP contribution is -2.43. The van der Waals surface area contributed by atoms with E-state index >= 15 is 0 Å². The minimum absolute atomic E-state index is 0.654. The quantitative estimate of drug-likeness (QED) is 0.212. The smallest absolute Gasteiger partial charge is 0.205 e. The first-order valence-electron chi connectivity index (χ1n) is 5.68. The zero-order chi connectivity index (χ0) is 11.6. The molecule has 4 N–H and O–H groups in total. The van der Waals surface area contributed by atoms with Crippen LogP contribution in [0.15, 0.2) is 4.99 Å². The highest BCUT2D eigenvalue weighted by molar-refractivity contribution is 7.99. The van der Waals surface area contributed by atoms with Gasteiger partial charge < -0.3 is 10.1 Å². The molecule has 0 unspecified atom stereocenters. The molecule has 0 amide bonds. The second-order valence-electron chi connectivity index (χ2n) is 3.81. The summed E-state index contributed by atoms with van der Waals surface area (Å²) in [6, 6.07) is 0. The number of thioether (sulfide) groups is 1. The first kappa shape index (κ1) is 13.6. The van der Waals surface area contributed by atoms with Gasteiger partial charge in [0.1, 0.15) is 0 Å². The number of hydrogen-bond acceptors (Lipinski definition) is 4. The molecular weight excluding hydrogens is 224 g/mol. The van der Waals surface area contributed by atoms with Crippen LogP contribution >= 0.6 is 11.8 Å². The summed E-state index contributed by atoms with van der Waals surface area (Å²) < 4.78 is 4.94. The average molecular weight is 246 g/mol. The molecule has 1 heterocycles. The van der Waals surface area contributed by atoms with Gasteiger partial charge in [0, 0.05) is 20.2 Å². The molecule has 1 fully saturated rings. The van der Waals surface area contributed by atoms with Gasteiger partial charge in [-0.2, -0.15) is 11.8 Å². The van der Waals surface area contributed by atoms with E-state index in [1.54, 1.807) is 7.11 Å². The average Bonchev–Trinajstić information content (AvgIpc) is 2.35. The van der Waals surface area contributed by atoms with Gasteiger partial charge >= 0.3 is 0 Å². The van der Waals surface area contributed by atoms with Gasteiger partial charge in [-0.3, -0.25) is 10.4 Å². The Kier molecular flexibility index (Phi) is 7.37. The summed E-state index contributed by atoms with van der Waals surface area (Å²) in [5.74, 6) is 9.29. The number of nitrogens with two attached hydrogens (primary N) is 1. The third kappa shape index (κ3) is 5.58. The minimum Gasteiger partial charge on any atom is -0.383 e. The molecule has 0 aromatic rings. The summed E-state index contributed by atoms with van der Waals surface area (Å²) in [6.07, 6.45) is 2.54. The second-order valence-corrected chi connectivity index (χ2v) is 5.03. The molecule has 16 heavy (non-hydrogen) atoms. The van der Waals surface area contributed by atoms with Gasteiger partial charge in [0.25, 0.3) is 0 Å². The van der Waals surface area contributed by atoms with Crippen molar-refractivity contribution in [3.63, 3.8) is 0 Å². The maximum absolute atomic E-state index is 5.38. The van der Waals surface area contributed by atoms with Crippen LogP contribution in [0.5, 0.6) is 0 Å². The van der Waals surface area contributed by atoms with Gasteiger partial charge in [0.2, 0.25) is 5.96 Å². The summed E-state index contributed by atoms with van der Waals surface area (Å²) in [5.41, 5.74) is 2.58. The summed E-state index contributed by atoms with van der Waals surface area (Å²) >= 11 is 2.03. The monoisotopic (exact) mass is 246 g/mol. The van der Waals surface area contributed by atoms with E-state index in [0.29, 0.717) is 18.5 Å². The Morgan fingerprint density at radius 2 is 2.25 bits per heavy atom. The number of aliphatic imine (C=N–C) groups is 1. The number of nitrogens with one attached hydrogen (secondary N) is 2. The molecule has 0 aromatic heterocycles. The maximum Gasteiger partial charge on any atom is 0.205 e. The topological polar surface area (TPSA) is 71.7 Å². The normalized spacial score (nSPS) is 18.5. The number of hydrazine groups is 1. The van der Waals surface area contributed by atoms with Gasteiger partial charge in [-0.25, -0.2) is 5.84 Å². The fraction of sp³-hybridized carbons (Fsp3) is 0.900. The Balaban J connectivity index is 2.22. The van der Waals surface area contributed by atoms with Crippen LogP contribution < -0.4 is 16.6 Å². The summed E-state index contributed by atoms with van der Waals surface area (Å²) in [5, 5.41) is 3.09. The van der Waals surface area contributed by atoms with E-state index in [-0.39, 0.29) is 0 Å². The van der Waals surface area contributed by atoms with E-state index in [0.717, 1.165) is 13.1 Å². The molecule has 0 spiro atoms. The Bertz CT molecular complexity index is 207. The van der Waals surface area contributed by atoms with E-state index in [1.165, 1.54) is 24.3 Å². The molecule has 1 saturated heterocycles. The van der Waals surface area contributed by atoms with Gasteiger partial charge in [-0.1, -0.05) is 0 Å². The summed E-state index contributed by atoms with van der Waals surface area (Å²) in [6.45, 7) is 2.24. The number of ether oxygens (including phenoxy) is 1. The Labute approximate surface area is 102 Å². The van der Waals surface area contributed by atoms with Crippen molar-refractivity contribution in [1.29, 1.82) is 0 Å². The van der Waals surface area contributed by atoms with Crippen LogP contribution in [0.2, 0.25) is 0 Å². The fourth-order valence-corrected chi connectivity index (χ4v) is 2.78. The Hall–Kier alpha value is -0.460. The number of guanidine groups is 1. The van der Waals surface area contributed by atoms with Crippen LogP contribution in [0.4, 0.5) is 0 Å². The van der Waals surface area contributed by atoms with Crippen LogP contribution in [-0.4, -0.2) is 44.3 Å². The Morgan fingerprint density at radius 1 is 1.50 bits per heavy atom. The van der Waals surface area contributed by atoms with Gasteiger partial charge in [-0.15, -0.1) is 0 Å². The molecule has 0 bridgehead atoms. The first-order chi connectivity index (χ1) is 7.86. The third-order valence-electron chi connectivity index (χ3n) is 2.58. The van der Waals surface area contributed by atoms with Crippen LogP contribution in [-0.2, 0) is 4.74 Å². The van der Waals surface area contributed by atoms with Crippen molar-refractivity contribution < 1.29 is 4.74 Å². The second kappa shape index (κ2) is 8.66. The van der Waals surface area contributed by atoms with Crippen molar-refractivity contribution in [2.75, 3.05) is 38.3 Å². The molecule has 1 aliphatic heterocycles. The highest BCUT2D eigenvalue weighted by Gasteiger charge is 2.12. The predicted octanol–water partition coefficient (Wildman–Crippen LogP) is 0.185. The molecule has 1 aliphatic rings. The summed E-state index contributed by atoms with van der Waals surface area (Å²) in [7, 11) is 1.67. The lowest BCUT2D eigenvalue weighted by atomic mass is 10.0. The van der Waals surface area contributed by atoms with Crippen molar-refractivity contribution in [2.45, 2.75) is 12.8 Å². The molecule has 0 radical (unpaired) electrons. The number of rotatable bonds is 5. The predicted molar refractivity (Wildman–Crippen MR) is 69.6 cm³/mol. The van der Waals surface area contributed by atoms with Gasteiger partial charge in [0.05, 0.1) is 6.61 Å². The van der Waals surface area contributed by atoms with Gasteiger partial charge in [-0.05, 0) is 30.3 Å². The molecular formula is C10H22N4OS. The lowest BCUT2D eigenvalue weighted by Gasteiger charge is -2.19. The SMILES string of the molecule is COCCNC(=NCC1CCSCC1)NN. The molecule has 0 aromatic carbocycles. The highest BCUT2D eigenvalue weighted by atomic mass is 32.2. The van der Waals surface area contributed by atoms with E-state index in [9.17, 15) is 0 Å².